The van der Waals surface area contributed by atoms with Crippen molar-refractivity contribution in [2.45, 2.75) is 25.7 Å². The van der Waals surface area contributed by atoms with E-state index in [9.17, 15) is 14.4 Å². The predicted molar refractivity (Wildman–Crippen MR) is 101 cm³/mol. The lowest BCUT2D eigenvalue weighted by Crippen LogP contribution is -2.45. The molecule has 1 fully saturated rings. The zero-order valence-corrected chi connectivity index (χ0v) is 15.8. The van der Waals surface area contributed by atoms with Gasteiger partial charge in [0.1, 0.15) is 5.75 Å². The Morgan fingerprint density at radius 2 is 1.81 bits per heavy atom. The molecule has 0 aromatic heterocycles. The van der Waals surface area contributed by atoms with Crippen LogP contribution in [0.5, 0.6) is 5.75 Å². The summed E-state index contributed by atoms with van der Waals surface area (Å²) in [6.07, 6.45) is 1.82. The summed E-state index contributed by atoms with van der Waals surface area (Å²) < 4.78 is 5.47. The number of urea groups is 1. The molecule has 1 aliphatic rings. The van der Waals surface area contributed by atoms with Crippen molar-refractivity contribution >= 4 is 23.6 Å². The van der Waals surface area contributed by atoms with Gasteiger partial charge < -0.3 is 25.0 Å². The molecule has 1 aromatic rings. The fourth-order valence-corrected chi connectivity index (χ4v) is 2.91. The fourth-order valence-electron chi connectivity index (χ4n) is 2.91. The molecule has 8 heteroatoms. The van der Waals surface area contributed by atoms with Gasteiger partial charge in [-0.1, -0.05) is 0 Å². The molecule has 2 N–H and O–H groups in total. The molecule has 27 heavy (non-hydrogen) atoms. The van der Waals surface area contributed by atoms with E-state index in [0.29, 0.717) is 50.4 Å². The number of hydrogen-bond acceptors (Lipinski definition) is 4. The van der Waals surface area contributed by atoms with E-state index >= 15 is 0 Å². The van der Waals surface area contributed by atoms with Crippen LogP contribution in [0, 0.1) is 5.92 Å². The van der Waals surface area contributed by atoms with Crippen LogP contribution < -0.4 is 10.1 Å². The number of hydrogen-bond donors (Lipinski definition) is 2. The van der Waals surface area contributed by atoms with Crippen LogP contribution in [-0.2, 0) is 9.59 Å². The second kappa shape index (κ2) is 9.80. The number of ether oxygens (including phenoxy) is 1. The molecule has 3 amide bonds. The van der Waals surface area contributed by atoms with Crippen molar-refractivity contribution in [1.82, 2.24) is 9.80 Å². The largest absolute Gasteiger partial charge is 0.494 e. The number of piperidine rings is 1. The van der Waals surface area contributed by atoms with Crippen molar-refractivity contribution in [1.29, 1.82) is 0 Å². The second-order valence-electron chi connectivity index (χ2n) is 6.80. The molecule has 8 nitrogen and oxygen atoms in total. The van der Waals surface area contributed by atoms with Crippen molar-refractivity contribution in [3.05, 3.63) is 24.3 Å². The van der Waals surface area contributed by atoms with Gasteiger partial charge in [-0.25, -0.2) is 4.79 Å². The van der Waals surface area contributed by atoms with E-state index in [2.05, 4.69) is 5.32 Å². The Morgan fingerprint density at radius 1 is 1.19 bits per heavy atom. The molecule has 0 atom stereocenters. The minimum Gasteiger partial charge on any atom is -0.494 e. The molecular weight excluding hydrogens is 350 g/mol. The average Bonchev–Trinajstić information content (AvgIpc) is 2.65. The van der Waals surface area contributed by atoms with E-state index < -0.39 is 5.97 Å². The number of nitrogens with one attached hydrogen (secondary N) is 1. The van der Waals surface area contributed by atoms with Crippen molar-refractivity contribution in [3.8, 4) is 5.75 Å². The van der Waals surface area contributed by atoms with Crippen LogP contribution in [-0.4, -0.2) is 66.6 Å². The second-order valence-corrected chi connectivity index (χ2v) is 6.80. The summed E-state index contributed by atoms with van der Waals surface area (Å²) >= 11 is 0. The van der Waals surface area contributed by atoms with E-state index in [1.807, 2.05) is 0 Å². The number of carboxylic acid groups (broad SMARTS) is 1. The van der Waals surface area contributed by atoms with Crippen molar-refractivity contribution in [2.75, 3.05) is 39.1 Å². The first kappa shape index (κ1) is 20.5. The Kier molecular flexibility index (Phi) is 7.45. The molecular formula is C19H27N3O5. The van der Waals surface area contributed by atoms with Gasteiger partial charge in [-0.2, -0.15) is 0 Å². The average molecular weight is 377 g/mol. The summed E-state index contributed by atoms with van der Waals surface area (Å²) in [4.78, 5) is 38.1. The van der Waals surface area contributed by atoms with Crippen LogP contribution in [0.4, 0.5) is 10.5 Å². The maximum Gasteiger partial charge on any atom is 0.319 e. The van der Waals surface area contributed by atoms with Gasteiger partial charge >= 0.3 is 12.0 Å². The molecule has 0 radical (unpaired) electrons. The highest BCUT2D eigenvalue weighted by molar-refractivity contribution is 5.92. The summed E-state index contributed by atoms with van der Waals surface area (Å²) in [5, 5.41) is 11.5. The van der Waals surface area contributed by atoms with Crippen LogP contribution in [0.25, 0.3) is 0 Å². The van der Waals surface area contributed by atoms with Gasteiger partial charge in [0, 0.05) is 45.2 Å². The molecule has 0 bridgehead atoms. The highest BCUT2D eigenvalue weighted by atomic mass is 16.5. The van der Waals surface area contributed by atoms with Gasteiger partial charge in [0.05, 0.1) is 6.61 Å². The molecule has 1 heterocycles. The number of likely N-dealkylation sites (tertiary alicyclic amines) is 1. The quantitative estimate of drug-likeness (QED) is 0.710. The first-order valence-corrected chi connectivity index (χ1v) is 9.08. The maximum atomic E-state index is 12.4. The Labute approximate surface area is 159 Å². The standard InChI is InChI=1S/C19H27N3O5/c1-21(2)19(26)22-11-9-14(10-12-22)18(25)20-15-5-7-16(8-6-15)27-13-3-4-17(23)24/h5-8,14H,3-4,9-13H2,1-2H3,(H,20,25)(H,23,24). The fraction of sp³-hybridized carbons (Fsp3) is 0.526. The number of rotatable bonds is 7. The van der Waals surface area contributed by atoms with E-state index in [-0.39, 0.29) is 24.3 Å². The summed E-state index contributed by atoms with van der Waals surface area (Å²) in [5.74, 6) is -0.354. The summed E-state index contributed by atoms with van der Waals surface area (Å²) in [7, 11) is 3.45. The number of nitrogens with zero attached hydrogens (tertiary/aromatic N) is 2. The highest BCUT2D eigenvalue weighted by Crippen LogP contribution is 2.21. The van der Waals surface area contributed by atoms with Crippen LogP contribution in [0.2, 0.25) is 0 Å². The minimum absolute atomic E-state index is 0.0206. The molecule has 0 unspecified atom stereocenters. The first-order chi connectivity index (χ1) is 12.9. The number of carboxylic acids is 1. The smallest absolute Gasteiger partial charge is 0.319 e. The molecule has 0 aliphatic carbocycles. The van der Waals surface area contributed by atoms with Gasteiger partial charge in [-0.05, 0) is 43.5 Å². The van der Waals surface area contributed by atoms with Gasteiger partial charge in [-0.3, -0.25) is 9.59 Å². The minimum atomic E-state index is -0.839. The Hall–Kier alpha value is -2.77. The van der Waals surface area contributed by atoms with Crippen molar-refractivity contribution in [3.63, 3.8) is 0 Å². The number of benzene rings is 1. The highest BCUT2D eigenvalue weighted by Gasteiger charge is 2.27. The molecule has 1 aliphatic heterocycles. The maximum absolute atomic E-state index is 12.4. The third kappa shape index (κ3) is 6.47. The molecule has 148 valence electrons. The van der Waals surface area contributed by atoms with Gasteiger partial charge in [-0.15, -0.1) is 0 Å². The van der Waals surface area contributed by atoms with Gasteiger partial charge in [0.2, 0.25) is 5.91 Å². The van der Waals surface area contributed by atoms with Crippen LogP contribution in [0.3, 0.4) is 0 Å². The normalized spacial score (nSPS) is 14.5. The van der Waals surface area contributed by atoms with Crippen LogP contribution >= 0.6 is 0 Å². The Morgan fingerprint density at radius 3 is 2.37 bits per heavy atom. The van der Waals surface area contributed by atoms with E-state index in [4.69, 9.17) is 9.84 Å². The number of carbonyl (C=O) groups excluding carboxylic acids is 2. The van der Waals surface area contributed by atoms with Crippen molar-refractivity contribution in [2.24, 2.45) is 5.92 Å². The third-order valence-corrected chi connectivity index (χ3v) is 4.44. The lowest BCUT2D eigenvalue weighted by Gasteiger charge is -2.33. The molecule has 2 rings (SSSR count). The lowest BCUT2D eigenvalue weighted by atomic mass is 9.96. The summed E-state index contributed by atoms with van der Waals surface area (Å²) in [5.41, 5.74) is 0.685. The van der Waals surface area contributed by atoms with E-state index in [0.717, 1.165) is 0 Å². The summed E-state index contributed by atoms with van der Waals surface area (Å²) in [6.45, 7) is 1.50. The first-order valence-electron chi connectivity index (χ1n) is 9.08. The number of aliphatic carboxylic acids is 1. The lowest BCUT2D eigenvalue weighted by molar-refractivity contribution is -0.137. The zero-order chi connectivity index (χ0) is 19.8. The number of carbonyl (C=O) groups is 3. The third-order valence-electron chi connectivity index (χ3n) is 4.44. The molecule has 1 aromatic carbocycles. The zero-order valence-electron chi connectivity index (χ0n) is 15.8. The topological polar surface area (TPSA) is 99.2 Å². The summed E-state index contributed by atoms with van der Waals surface area (Å²) in [6, 6.07) is 6.99. The van der Waals surface area contributed by atoms with Crippen LogP contribution in [0.15, 0.2) is 24.3 Å². The molecule has 0 spiro atoms. The van der Waals surface area contributed by atoms with Crippen LogP contribution in [0.1, 0.15) is 25.7 Å². The Balaban J connectivity index is 1.76. The monoisotopic (exact) mass is 377 g/mol. The number of anilines is 1. The SMILES string of the molecule is CN(C)C(=O)N1CCC(C(=O)Nc2ccc(OCCCC(=O)O)cc2)CC1. The molecule has 0 saturated carbocycles. The van der Waals surface area contributed by atoms with E-state index in [1.54, 1.807) is 48.2 Å². The van der Waals surface area contributed by atoms with Crippen molar-refractivity contribution < 1.29 is 24.2 Å². The van der Waals surface area contributed by atoms with Gasteiger partial charge in [0.15, 0.2) is 0 Å². The number of amides is 3. The van der Waals surface area contributed by atoms with Gasteiger partial charge in [0.25, 0.3) is 0 Å². The predicted octanol–water partition coefficient (Wildman–Crippen LogP) is 2.26. The molecule has 1 saturated heterocycles. The Bertz CT molecular complexity index is 652. The van der Waals surface area contributed by atoms with E-state index in [1.165, 1.54) is 0 Å².